The minimum atomic E-state index is -0.120. The number of nitrogens with zero attached hydrogens (tertiary/aromatic N) is 1. The number of hydrogen-bond donors (Lipinski definition) is 0. The molecule has 244 valence electrons. The van der Waals surface area contributed by atoms with Gasteiger partial charge in [-0.25, -0.2) is 0 Å². The Kier molecular flexibility index (Phi) is 8.37. The number of carbonyl (C=O) groups is 2. The Morgan fingerprint density at radius 3 is 1.57 bits per heavy atom. The summed E-state index contributed by atoms with van der Waals surface area (Å²) in [5.74, 6) is 0.0444. The van der Waals surface area contributed by atoms with Gasteiger partial charge in [-0.1, -0.05) is 130 Å². The molecule has 1 aliphatic rings. The van der Waals surface area contributed by atoms with E-state index >= 15 is 0 Å². The molecule has 1 heterocycles. The summed E-state index contributed by atoms with van der Waals surface area (Å²) in [5, 5.41) is 9.04. The molecule has 3 heteroatoms. The number of amides is 2. The van der Waals surface area contributed by atoms with Crippen molar-refractivity contribution < 1.29 is 9.59 Å². The maximum Gasteiger partial charge on any atom is 0.261 e. The van der Waals surface area contributed by atoms with Gasteiger partial charge in [0.2, 0.25) is 0 Å². The number of carbonyl (C=O) groups excluding carboxylic acids is 2. The van der Waals surface area contributed by atoms with E-state index in [4.69, 9.17) is 0 Å². The lowest BCUT2D eigenvalue weighted by molar-refractivity contribution is 0.0578. The van der Waals surface area contributed by atoms with E-state index in [1.807, 2.05) is 12.1 Å². The first-order valence-electron chi connectivity index (χ1n) is 18.2. The summed E-state index contributed by atoms with van der Waals surface area (Å²) in [6.45, 7) is 4.86. The van der Waals surface area contributed by atoms with E-state index in [2.05, 4.69) is 111 Å². The Balaban J connectivity index is 1.42. The Morgan fingerprint density at radius 1 is 0.551 bits per heavy atom. The molecule has 8 rings (SSSR count). The maximum absolute atomic E-state index is 14.9. The van der Waals surface area contributed by atoms with Crippen LogP contribution in [-0.4, -0.2) is 23.3 Å². The van der Waals surface area contributed by atoms with Crippen molar-refractivity contribution in [1.82, 2.24) is 4.90 Å². The first-order valence-corrected chi connectivity index (χ1v) is 18.2. The fraction of sp³-hybridized carbons (Fsp3) is 0.261. The number of imide groups is 1. The standard InChI is InChI=1S/C46H43NO2/c1-3-5-14-30(4-2)29-47-45(48)41-34(25-23-31-15-8-6-9-16-31)27-38-36-21-12-19-33-20-13-22-37(40(33)36)39-28-35(26-24-32-17-10-7-11-18-32)42(46(47)49)44(41)43(38)39/h6-13,15-22,27-28,30H,3-5,14,23-26,29H2,1-2H3. The van der Waals surface area contributed by atoms with E-state index in [-0.39, 0.29) is 17.7 Å². The van der Waals surface area contributed by atoms with Crippen LogP contribution >= 0.6 is 0 Å². The smallest absolute Gasteiger partial charge is 0.261 e. The van der Waals surface area contributed by atoms with Crippen LogP contribution in [0.4, 0.5) is 0 Å². The molecule has 7 aromatic carbocycles. The maximum atomic E-state index is 14.9. The summed E-state index contributed by atoms with van der Waals surface area (Å²) in [4.78, 5) is 31.5. The second-order valence-corrected chi connectivity index (χ2v) is 14.0. The van der Waals surface area contributed by atoms with E-state index in [1.165, 1.54) is 32.7 Å². The van der Waals surface area contributed by atoms with Crippen molar-refractivity contribution in [2.75, 3.05) is 6.54 Å². The van der Waals surface area contributed by atoms with Crippen molar-refractivity contribution in [2.24, 2.45) is 5.92 Å². The third kappa shape index (κ3) is 5.46. The summed E-state index contributed by atoms with van der Waals surface area (Å²) in [6.07, 6.45) is 7.27. The summed E-state index contributed by atoms with van der Waals surface area (Å²) in [6, 6.07) is 38.7. The number of aryl methyl sites for hydroxylation is 4. The monoisotopic (exact) mass is 641 g/mol. The third-order valence-corrected chi connectivity index (χ3v) is 11.0. The van der Waals surface area contributed by atoms with Crippen molar-refractivity contribution in [3.63, 3.8) is 0 Å². The molecule has 1 aliphatic heterocycles. The zero-order valence-corrected chi connectivity index (χ0v) is 28.6. The van der Waals surface area contributed by atoms with Gasteiger partial charge in [-0.05, 0) is 110 Å². The summed E-state index contributed by atoms with van der Waals surface area (Å²) in [5.41, 5.74) is 6.05. The average Bonchev–Trinajstić information content (AvgIpc) is 3.14. The van der Waals surface area contributed by atoms with E-state index in [9.17, 15) is 9.59 Å². The molecular weight excluding hydrogens is 599 g/mol. The highest BCUT2D eigenvalue weighted by atomic mass is 16.2. The molecule has 0 spiro atoms. The molecule has 0 fully saturated rings. The number of rotatable bonds is 12. The number of fused-ring (bicyclic) bond motifs is 2. The van der Waals surface area contributed by atoms with Crippen LogP contribution in [0.25, 0.3) is 43.1 Å². The highest BCUT2D eigenvalue weighted by molar-refractivity contribution is 6.39. The Morgan fingerprint density at radius 2 is 1.08 bits per heavy atom. The Labute approximate surface area is 288 Å². The fourth-order valence-electron chi connectivity index (χ4n) is 8.40. The van der Waals surface area contributed by atoms with Crippen LogP contribution in [0.3, 0.4) is 0 Å². The van der Waals surface area contributed by atoms with Gasteiger partial charge in [0, 0.05) is 11.9 Å². The van der Waals surface area contributed by atoms with Crippen LogP contribution in [0.1, 0.15) is 82.5 Å². The molecule has 1 unspecified atom stereocenters. The quantitative estimate of drug-likeness (QED) is 0.0756. The van der Waals surface area contributed by atoms with E-state index in [0.29, 0.717) is 6.54 Å². The lowest BCUT2D eigenvalue weighted by Crippen LogP contribution is -2.44. The SMILES string of the molecule is CCCCC(CC)CN1C(=O)c2c(CCc3ccccc3)cc3c4cccc5cccc(c6cc(CCc7ccccc7)c(c2c36)C1=O)c54. The van der Waals surface area contributed by atoms with Crippen molar-refractivity contribution >= 4 is 54.9 Å². The topological polar surface area (TPSA) is 37.4 Å². The second kappa shape index (κ2) is 13.1. The van der Waals surface area contributed by atoms with Gasteiger partial charge in [0.25, 0.3) is 11.8 Å². The Hall–Kier alpha value is -5.02. The van der Waals surface area contributed by atoms with Crippen LogP contribution in [0.2, 0.25) is 0 Å². The zero-order valence-electron chi connectivity index (χ0n) is 28.6. The van der Waals surface area contributed by atoms with E-state index in [0.717, 1.165) is 95.2 Å². The lowest BCUT2D eigenvalue weighted by Gasteiger charge is -2.33. The van der Waals surface area contributed by atoms with Crippen LogP contribution in [0, 0.1) is 5.92 Å². The van der Waals surface area contributed by atoms with Crippen LogP contribution in [0.5, 0.6) is 0 Å². The lowest BCUT2D eigenvalue weighted by atomic mass is 9.79. The summed E-state index contributed by atoms with van der Waals surface area (Å²) >= 11 is 0. The van der Waals surface area contributed by atoms with Gasteiger partial charge in [0.05, 0.1) is 11.1 Å². The van der Waals surface area contributed by atoms with Gasteiger partial charge in [-0.15, -0.1) is 0 Å². The largest absolute Gasteiger partial charge is 0.274 e. The van der Waals surface area contributed by atoms with E-state index < -0.39 is 0 Å². The second-order valence-electron chi connectivity index (χ2n) is 14.0. The first kappa shape index (κ1) is 31.3. The van der Waals surface area contributed by atoms with Gasteiger partial charge in [0.1, 0.15) is 0 Å². The molecule has 0 radical (unpaired) electrons. The molecule has 0 N–H and O–H groups in total. The van der Waals surface area contributed by atoms with Gasteiger partial charge in [-0.2, -0.15) is 0 Å². The minimum Gasteiger partial charge on any atom is -0.274 e. The van der Waals surface area contributed by atoms with E-state index in [1.54, 1.807) is 4.90 Å². The molecule has 7 aromatic rings. The molecule has 0 aliphatic carbocycles. The third-order valence-electron chi connectivity index (χ3n) is 11.0. The minimum absolute atomic E-state index is 0.120. The van der Waals surface area contributed by atoms with Crippen molar-refractivity contribution in [3.8, 4) is 0 Å². The normalized spacial score (nSPS) is 13.8. The van der Waals surface area contributed by atoms with Crippen LogP contribution in [0.15, 0.2) is 109 Å². The van der Waals surface area contributed by atoms with Crippen molar-refractivity contribution in [3.05, 3.63) is 143 Å². The number of hydrogen-bond acceptors (Lipinski definition) is 2. The van der Waals surface area contributed by atoms with Crippen molar-refractivity contribution in [2.45, 2.75) is 65.2 Å². The Bertz CT molecular complexity index is 2170. The van der Waals surface area contributed by atoms with Crippen molar-refractivity contribution in [1.29, 1.82) is 0 Å². The van der Waals surface area contributed by atoms with Gasteiger partial charge < -0.3 is 0 Å². The molecule has 0 bridgehead atoms. The summed E-state index contributed by atoms with van der Waals surface area (Å²) in [7, 11) is 0. The predicted molar refractivity (Wildman–Crippen MR) is 204 cm³/mol. The molecule has 3 nitrogen and oxygen atoms in total. The van der Waals surface area contributed by atoms with Crippen LogP contribution in [-0.2, 0) is 25.7 Å². The molecule has 0 saturated heterocycles. The average molecular weight is 642 g/mol. The van der Waals surface area contributed by atoms with Crippen LogP contribution < -0.4 is 0 Å². The highest BCUT2D eigenvalue weighted by Gasteiger charge is 2.38. The molecule has 0 saturated carbocycles. The molecule has 0 aromatic heterocycles. The van der Waals surface area contributed by atoms with Gasteiger partial charge >= 0.3 is 0 Å². The first-order chi connectivity index (χ1) is 24.1. The fourth-order valence-corrected chi connectivity index (χ4v) is 8.40. The van der Waals surface area contributed by atoms with Gasteiger partial charge in [-0.3, -0.25) is 14.5 Å². The highest BCUT2D eigenvalue weighted by Crippen LogP contribution is 2.46. The molecule has 1 atom stereocenters. The molecule has 49 heavy (non-hydrogen) atoms. The summed E-state index contributed by atoms with van der Waals surface area (Å²) < 4.78 is 0. The zero-order chi connectivity index (χ0) is 33.5. The predicted octanol–water partition coefficient (Wildman–Crippen LogP) is 11.1. The number of unbranched alkanes of at least 4 members (excludes halogenated alkanes) is 1. The number of benzene rings is 7. The van der Waals surface area contributed by atoms with Gasteiger partial charge in [0.15, 0.2) is 0 Å². The molecular formula is C46H43NO2. The molecule has 2 amide bonds.